The molecule has 0 unspecified atom stereocenters. The van der Waals surface area contributed by atoms with E-state index in [-0.39, 0.29) is 5.91 Å². The minimum absolute atomic E-state index is 0.0816. The molecule has 0 saturated carbocycles. The number of fused-ring (bicyclic) bond motifs is 4. The van der Waals surface area contributed by atoms with Crippen LogP contribution >= 0.6 is 15.9 Å². The van der Waals surface area contributed by atoms with E-state index in [1.54, 1.807) is 6.20 Å². The highest BCUT2D eigenvalue weighted by atomic mass is 79.9. The molecule has 0 aliphatic carbocycles. The number of H-pyrrole nitrogens is 1. The highest BCUT2D eigenvalue weighted by Crippen LogP contribution is 2.40. The number of likely N-dealkylation sites (N-methyl/N-ethyl adjacent to an activating group) is 1. The summed E-state index contributed by atoms with van der Waals surface area (Å²) in [5, 5.41) is 3.36. The van der Waals surface area contributed by atoms with Crippen LogP contribution in [0.1, 0.15) is 21.6 Å². The first-order valence-electron chi connectivity index (χ1n) is 14.5. The molecule has 4 aliphatic rings. The van der Waals surface area contributed by atoms with Crippen LogP contribution in [0.3, 0.4) is 0 Å². The molecule has 1 saturated heterocycles. The molecule has 2 aromatic carbocycles. The number of halogens is 1. The molecule has 1 amide bonds. The lowest BCUT2D eigenvalue weighted by Gasteiger charge is -2.44. The van der Waals surface area contributed by atoms with Gasteiger partial charge in [-0.25, -0.2) is 15.0 Å². The van der Waals surface area contributed by atoms with Crippen LogP contribution in [-0.4, -0.2) is 75.4 Å². The Morgan fingerprint density at radius 2 is 1.84 bits per heavy atom. The fourth-order valence-electron chi connectivity index (χ4n) is 6.17. The number of aromatic amines is 1. The van der Waals surface area contributed by atoms with E-state index in [1.807, 2.05) is 48.2 Å². The smallest absolute Gasteiger partial charge is 0.261 e. The zero-order valence-electron chi connectivity index (χ0n) is 23.9. The Bertz CT molecular complexity index is 1900. The predicted octanol–water partition coefficient (Wildman–Crippen LogP) is 5.10. The summed E-state index contributed by atoms with van der Waals surface area (Å²) in [4.78, 5) is 40.1. The van der Waals surface area contributed by atoms with E-state index in [0.717, 1.165) is 75.7 Å². The van der Waals surface area contributed by atoms with Crippen molar-refractivity contribution in [1.29, 1.82) is 0 Å². The molecule has 6 heterocycles. The van der Waals surface area contributed by atoms with Gasteiger partial charge in [-0.05, 0) is 68.1 Å². The van der Waals surface area contributed by atoms with Gasteiger partial charge in [-0.1, -0.05) is 22.0 Å². The fourth-order valence-corrected chi connectivity index (χ4v) is 6.52. The van der Waals surface area contributed by atoms with Gasteiger partial charge in [0, 0.05) is 61.2 Å². The van der Waals surface area contributed by atoms with Crippen molar-refractivity contribution in [1.82, 2.24) is 29.7 Å². The van der Waals surface area contributed by atoms with Crippen molar-refractivity contribution in [3.63, 3.8) is 0 Å². The molecule has 11 heteroatoms. The molecule has 0 atom stereocenters. The fraction of sp³-hybridized carbons (Fsp3) is 0.250. The van der Waals surface area contributed by atoms with Crippen molar-refractivity contribution in [2.45, 2.75) is 13.3 Å². The average molecular weight is 637 g/mol. The molecule has 1 fully saturated rings. The summed E-state index contributed by atoms with van der Waals surface area (Å²) in [6.07, 6.45) is 8.87. The molecule has 43 heavy (non-hydrogen) atoms. The van der Waals surface area contributed by atoms with E-state index in [2.05, 4.69) is 71.2 Å². The van der Waals surface area contributed by atoms with Gasteiger partial charge in [0.1, 0.15) is 0 Å². The summed E-state index contributed by atoms with van der Waals surface area (Å²) >= 11 is 3.50. The summed E-state index contributed by atoms with van der Waals surface area (Å²) < 4.78 is 0.977. The van der Waals surface area contributed by atoms with Crippen molar-refractivity contribution in [2.75, 3.05) is 54.9 Å². The van der Waals surface area contributed by atoms with Gasteiger partial charge in [0.05, 0.1) is 39.4 Å². The second kappa shape index (κ2) is 10.1. The van der Waals surface area contributed by atoms with Crippen molar-refractivity contribution >= 4 is 56.1 Å². The van der Waals surface area contributed by atoms with Crippen LogP contribution in [0, 0.1) is 6.92 Å². The van der Waals surface area contributed by atoms with E-state index in [0.29, 0.717) is 30.4 Å². The van der Waals surface area contributed by atoms with Gasteiger partial charge in [0.25, 0.3) is 5.91 Å². The molecule has 2 bridgehead atoms. The number of nitrogens with one attached hydrogen (secondary N) is 2. The molecule has 216 valence electrons. The van der Waals surface area contributed by atoms with Gasteiger partial charge in [-0.3, -0.25) is 9.69 Å². The molecule has 2 aromatic heterocycles. The van der Waals surface area contributed by atoms with Crippen LogP contribution in [-0.2, 0) is 6.42 Å². The van der Waals surface area contributed by atoms with E-state index in [1.165, 1.54) is 5.70 Å². The number of amides is 1. The maximum atomic E-state index is 13.8. The minimum Gasteiger partial charge on any atom is -0.367 e. The van der Waals surface area contributed by atoms with E-state index >= 15 is 0 Å². The lowest BCUT2D eigenvalue weighted by atomic mass is 10.00. The number of carbonyl (C=O) groups is 1. The maximum absolute atomic E-state index is 13.8. The lowest BCUT2D eigenvalue weighted by Crippen LogP contribution is -2.47. The Balaban J connectivity index is 1.02. The number of imidazole rings is 1. The summed E-state index contributed by atoms with van der Waals surface area (Å²) in [6.45, 7) is 6.66. The number of nitrogens with zero attached hydrogens (tertiary/aromatic N) is 7. The molecule has 2 N–H and O–H groups in total. The van der Waals surface area contributed by atoms with Crippen LogP contribution in [0.5, 0.6) is 0 Å². The molecule has 8 rings (SSSR count). The van der Waals surface area contributed by atoms with Crippen molar-refractivity contribution in [2.24, 2.45) is 0 Å². The van der Waals surface area contributed by atoms with Crippen LogP contribution < -0.4 is 15.1 Å². The zero-order chi connectivity index (χ0) is 29.2. The summed E-state index contributed by atoms with van der Waals surface area (Å²) in [7, 11) is 2.17. The third kappa shape index (κ3) is 4.50. The first-order valence-corrected chi connectivity index (χ1v) is 15.3. The summed E-state index contributed by atoms with van der Waals surface area (Å²) in [6, 6.07) is 12.0. The van der Waals surface area contributed by atoms with Crippen LogP contribution in [0.15, 0.2) is 82.4 Å². The van der Waals surface area contributed by atoms with Crippen LogP contribution in [0.25, 0.3) is 11.0 Å². The number of benzene rings is 2. The Morgan fingerprint density at radius 3 is 2.67 bits per heavy atom. The number of aromatic nitrogens is 4. The zero-order valence-corrected chi connectivity index (χ0v) is 25.5. The molecular weight excluding hydrogens is 606 g/mol. The SMILES string of the molecule is Cc1ccc(Nc2nc3cc(Br)ccc3[nH]2)cc1N1CCc2nc(N3C4=CC=C(N5CCN(C)CC5)C3=C4)ncc2C1=O. The molecular formula is C32H30BrN9O. The van der Waals surface area contributed by atoms with Crippen molar-refractivity contribution < 1.29 is 4.79 Å². The normalized spacial score (nSPS) is 18.3. The maximum Gasteiger partial charge on any atom is 0.261 e. The Morgan fingerprint density at radius 1 is 0.977 bits per heavy atom. The summed E-state index contributed by atoms with van der Waals surface area (Å²) in [5.41, 5.74) is 9.30. The Kier molecular flexibility index (Phi) is 6.12. The number of carbonyl (C=O) groups excluding carboxylic acids is 1. The third-order valence-corrected chi connectivity index (χ3v) is 9.11. The Labute approximate surface area is 257 Å². The van der Waals surface area contributed by atoms with Gasteiger partial charge >= 0.3 is 0 Å². The van der Waals surface area contributed by atoms with E-state index in [4.69, 9.17) is 9.97 Å². The lowest BCUT2D eigenvalue weighted by molar-refractivity contribution is 0.0979. The quantitative estimate of drug-likeness (QED) is 0.313. The monoisotopic (exact) mass is 635 g/mol. The first-order chi connectivity index (χ1) is 20.9. The summed E-state index contributed by atoms with van der Waals surface area (Å²) in [5.74, 6) is 1.19. The average Bonchev–Trinajstić information content (AvgIpc) is 3.40. The largest absolute Gasteiger partial charge is 0.367 e. The van der Waals surface area contributed by atoms with Crippen molar-refractivity contribution in [3.8, 4) is 0 Å². The number of anilines is 4. The van der Waals surface area contributed by atoms with Crippen LogP contribution in [0.4, 0.5) is 23.3 Å². The Hall–Kier alpha value is -4.48. The third-order valence-electron chi connectivity index (χ3n) is 8.61. The van der Waals surface area contributed by atoms with Gasteiger partial charge in [0.2, 0.25) is 11.9 Å². The highest BCUT2D eigenvalue weighted by Gasteiger charge is 2.36. The van der Waals surface area contributed by atoms with Gasteiger partial charge in [-0.2, -0.15) is 0 Å². The van der Waals surface area contributed by atoms with E-state index in [9.17, 15) is 4.79 Å². The number of rotatable bonds is 5. The van der Waals surface area contributed by atoms with Crippen molar-refractivity contribution in [3.05, 3.63) is 99.2 Å². The number of hydrogen-bond donors (Lipinski definition) is 2. The molecule has 0 spiro atoms. The van der Waals surface area contributed by atoms with Crippen LogP contribution in [0.2, 0.25) is 0 Å². The second-order valence-corrected chi connectivity index (χ2v) is 12.3. The van der Waals surface area contributed by atoms with E-state index < -0.39 is 0 Å². The number of aryl methyl sites for hydroxylation is 1. The molecule has 10 nitrogen and oxygen atoms in total. The van der Waals surface area contributed by atoms with Gasteiger partial charge in [0.15, 0.2) is 0 Å². The number of piperazine rings is 1. The molecule has 4 aliphatic heterocycles. The topological polar surface area (TPSA) is 96.5 Å². The standard InChI is InChI=1S/C32H30BrN9O/c1-19-3-5-21(35-31-36-25-7-4-20(33)15-26(25)37-31)16-28(19)41-10-9-24-23(30(41)43)18-34-32(38-24)42-22-6-8-27(29(42)17-22)40-13-11-39(2)12-14-40/h3-8,15-18H,9-14H2,1-2H3,(H2,35,36,37). The number of hydrogen-bond acceptors (Lipinski definition) is 8. The predicted molar refractivity (Wildman–Crippen MR) is 171 cm³/mol. The highest BCUT2D eigenvalue weighted by molar-refractivity contribution is 9.10. The first kappa shape index (κ1) is 26.2. The molecule has 4 aromatic rings. The molecule has 0 radical (unpaired) electrons. The minimum atomic E-state index is -0.0816. The van der Waals surface area contributed by atoms with Gasteiger partial charge < -0.3 is 25.0 Å². The number of allylic oxidation sites excluding steroid dienone is 3. The second-order valence-electron chi connectivity index (χ2n) is 11.4. The van der Waals surface area contributed by atoms with Gasteiger partial charge in [-0.15, -0.1) is 0 Å².